The zero-order valence-electron chi connectivity index (χ0n) is 11.9. The van der Waals surface area contributed by atoms with Gasteiger partial charge in [-0.15, -0.1) is 0 Å². The lowest BCUT2D eigenvalue weighted by Gasteiger charge is -2.32. The summed E-state index contributed by atoms with van der Waals surface area (Å²) in [6.07, 6.45) is 2.32. The first kappa shape index (κ1) is 17.4. The molecular formula is C12H25NO4S. The summed E-state index contributed by atoms with van der Waals surface area (Å²) in [5.74, 6) is -0.655. The van der Waals surface area contributed by atoms with E-state index < -0.39 is 26.8 Å². The van der Waals surface area contributed by atoms with Gasteiger partial charge in [-0.05, 0) is 26.7 Å². The Bertz CT molecular complexity index is 389. The van der Waals surface area contributed by atoms with Gasteiger partial charge in [0, 0.05) is 5.41 Å². The molecule has 0 fully saturated rings. The van der Waals surface area contributed by atoms with Crippen molar-refractivity contribution in [3.63, 3.8) is 0 Å². The van der Waals surface area contributed by atoms with Gasteiger partial charge in [0.15, 0.2) is 0 Å². The number of hydrogen-bond acceptors (Lipinski definition) is 3. The average molecular weight is 279 g/mol. The maximum Gasteiger partial charge on any atom is 0.267 e. The summed E-state index contributed by atoms with van der Waals surface area (Å²) in [5.41, 5.74) is -1.47. The number of carbonyl (C=O) groups excluding carboxylic acids is 1. The van der Waals surface area contributed by atoms with Crippen molar-refractivity contribution in [2.24, 2.45) is 5.41 Å². The second-order valence-electron chi connectivity index (χ2n) is 5.73. The molecule has 0 aliphatic rings. The zero-order chi connectivity index (χ0) is 14.6. The second-order valence-corrected chi connectivity index (χ2v) is 7.18. The van der Waals surface area contributed by atoms with E-state index in [2.05, 4.69) is 5.32 Å². The molecule has 0 aliphatic heterocycles. The molecule has 0 rings (SSSR count). The molecule has 6 heteroatoms. The van der Waals surface area contributed by atoms with E-state index in [9.17, 15) is 13.2 Å². The van der Waals surface area contributed by atoms with Gasteiger partial charge in [0.25, 0.3) is 10.1 Å². The molecule has 108 valence electrons. The van der Waals surface area contributed by atoms with Gasteiger partial charge in [-0.1, -0.05) is 27.2 Å². The number of hydrogen-bond donors (Lipinski definition) is 2. The summed E-state index contributed by atoms with van der Waals surface area (Å²) >= 11 is 0. The van der Waals surface area contributed by atoms with Crippen LogP contribution >= 0.6 is 0 Å². The van der Waals surface area contributed by atoms with Gasteiger partial charge < -0.3 is 5.32 Å². The molecule has 0 saturated carbocycles. The van der Waals surface area contributed by atoms with Gasteiger partial charge in [0.1, 0.15) is 0 Å². The number of carbonyl (C=O) groups is 1. The van der Waals surface area contributed by atoms with Crippen LogP contribution in [0.25, 0.3) is 0 Å². The highest BCUT2D eigenvalue weighted by atomic mass is 32.2. The minimum atomic E-state index is -4.11. The first-order valence-corrected chi connectivity index (χ1v) is 7.84. The van der Waals surface area contributed by atoms with Gasteiger partial charge in [0.05, 0.1) is 11.3 Å². The maximum atomic E-state index is 12.2. The second kappa shape index (κ2) is 6.02. The van der Waals surface area contributed by atoms with Gasteiger partial charge in [-0.2, -0.15) is 8.42 Å². The minimum absolute atomic E-state index is 0.166. The summed E-state index contributed by atoms with van der Waals surface area (Å²) in [6.45, 7) is 8.98. The van der Waals surface area contributed by atoms with Crippen LogP contribution in [0.2, 0.25) is 0 Å². The molecule has 0 bridgehead atoms. The highest BCUT2D eigenvalue weighted by Gasteiger charge is 2.35. The third kappa shape index (κ3) is 5.82. The summed E-state index contributed by atoms with van der Waals surface area (Å²) in [7, 11) is -4.11. The fourth-order valence-electron chi connectivity index (χ4n) is 1.95. The number of amides is 1. The topological polar surface area (TPSA) is 83.5 Å². The summed E-state index contributed by atoms with van der Waals surface area (Å²) in [6, 6.07) is 0. The Labute approximate surface area is 110 Å². The molecule has 5 nitrogen and oxygen atoms in total. The van der Waals surface area contributed by atoms with E-state index in [4.69, 9.17) is 4.55 Å². The fourth-order valence-corrected chi connectivity index (χ4v) is 2.94. The van der Waals surface area contributed by atoms with E-state index in [1.165, 1.54) is 0 Å². The molecule has 0 spiro atoms. The van der Waals surface area contributed by atoms with E-state index in [1.807, 2.05) is 20.8 Å². The van der Waals surface area contributed by atoms with Crippen molar-refractivity contribution >= 4 is 16.0 Å². The van der Waals surface area contributed by atoms with Crippen molar-refractivity contribution < 1.29 is 17.8 Å². The lowest BCUT2D eigenvalue weighted by Crippen LogP contribution is -2.52. The highest BCUT2D eigenvalue weighted by Crippen LogP contribution is 2.28. The van der Waals surface area contributed by atoms with Gasteiger partial charge in [-0.25, -0.2) is 0 Å². The Morgan fingerprint density at radius 1 is 1.22 bits per heavy atom. The van der Waals surface area contributed by atoms with Crippen molar-refractivity contribution in [1.82, 2.24) is 5.32 Å². The smallest absolute Gasteiger partial charge is 0.267 e. The van der Waals surface area contributed by atoms with Crippen molar-refractivity contribution in [3.8, 4) is 0 Å². The molecule has 2 N–H and O–H groups in total. The molecule has 0 aromatic heterocycles. The summed E-state index contributed by atoms with van der Waals surface area (Å²) < 4.78 is 30.6. The Kier molecular flexibility index (Phi) is 5.81. The molecule has 0 radical (unpaired) electrons. The molecule has 0 aromatic carbocycles. The highest BCUT2D eigenvalue weighted by molar-refractivity contribution is 7.85. The number of rotatable bonds is 7. The van der Waals surface area contributed by atoms with Crippen LogP contribution in [0.3, 0.4) is 0 Å². The van der Waals surface area contributed by atoms with Crippen LogP contribution < -0.4 is 5.32 Å². The Morgan fingerprint density at radius 3 is 2.06 bits per heavy atom. The first-order chi connectivity index (χ1) is 7.96. The third-order valence-corrected chi connectivity index (χ3v) is 4.21. The third-order valence-electron chi connectivity index (χ3n) is 3.13. The SMILES string of the molecule is CCCC(C)(CC)C(=O)NC(C)(C)CS(=O)(=O)O. The summed E-state index contributed by atoms with van der Waals surface area (Å²) in [5, 5.41) is 2.71. The van der Waals surface area contributed by atoms with Gasteiger partial charge in [-0.3, -0.25) is 9.35 Å². The van der Waals surface area contributed by atoms with Crippen molar-refractivity contribution in [1.29, 1.82) is 0 Å². The van der Waals surface area contributed by atoms with Crippen LogP contribution in [0.15, 0.2) is 0 Å². The van der Waals surface area contributed by atoms with Gasteiger partial charge in [0.2, 0.25) is 5.91 Å². The lowest BCUT2D eigenvalue weighted by molar-refractivity contribution is -0.132. The van der Waals surface area contributed by atoms with Crippen LogP contribution in [-0.4, -0.2) is 30.2 Å². The Balaban J connectivity index is 4.83. The standard InChI is InChI=1S/C12H25NO4S/c1-6-8-12(5,7-2)10(14)13-11(3,4)9-18(15,16)17/h6-9H2,1-5H3,(H,13,14)(H,15,16,17). The van der Waals surface area contributed by atoms with Crippen molar-refractivity contribution in [3.05, 3.63) is 0 Å². The quantitative estimate of drug-likeness (QED) is 0.698. The van der Waals surface area contributed by atoms with Crippen LogP contribution in [0.4, 0.5) is 0 Å². The van der Waals surface area contributed by atoms with Crippen LogP contribution in [0, 0.1) is 5.41 Å². The van der Waals surface area contributed by atoms with Gasteiger partial charge >= 0.3 is 0 Å². The molecule has 0 aliphatic carbocycles. The Morgan fingerprint density at radius 2 is 1.72 bits per heavy atom. The predicted octanol–water partition coefficient (Wildman–Crippen LogP) is 1.99. The molecule has 18 heavy (non-hydrogen) atoms. The summed E-state index contributed by atoms with van der Waals surface area (Å²) in [4.78, 5) is 12.2. The molecule has 1 atom stereocenters. The maximum absolute atomic E-state index is 12.2. The van der Waals surface area contributed by atoms with E-state index in [-0.39, 0.29) is 5.91 Å². The van der Waals surface area contributed by atoms with Crippen LogP contribution in [-0.2, 0) is 14.9 Å². The minimum Gasteiger partial charge on any atom is -0.350 e. The Hall–Kier alpha value is -0.620. The first-order valence-electron chi connectivity index (χ1n) is 6.23. The van der Waals surface area contributed by atoms with E-state index in [1.54, 1.807) is 13.8 Å². The zero-order valence-corrected chi connectivity index (χ0v) is 12.7. The molecule has 1 amide bonds. The monoisotopic (exact) mass is 279 g/mol. The van der Waals surface area contributed by atoms with E-state index in [0.717, 1.165) is 12.8 Å². The van der Waals surface area contributed by atoms with Crippen molar-refractivity contribution in [2.45, 2.75) is 59.4 Å². The van der Waals surface area contributed by atoms with Crippen molar-refractivity contribution in [2.75, 3.05) is 5.75 Å². The fraction of sp³-hybridized carbons (Fsp3) is 0.917. The van der Waals surface area contributed by atoms with Crippen LogP contribution in [0.1, 0.15) is 53.9 Å². The van der Waals surface area contributed by atoms with E-state index in [0.29, 0.717) is 6.42 Å². The van der Waals surface area contributed by atoms with E-state index >= 15 is 0 Å². The average Bonchev–Trinajstić information content (AvgIpc) is 2.13. The normalized spacial score (nSPS) is 16.1. The lowest BCUT2D eigenvalue weighted by atomic mass is 9.81. The predicted molar refractivity (Wildman–Crippen MR) is 71.9 cm³/mol. The molecule has 0 heterocycles. The molecular weight excluding hydrogens is 254 g/mol. The molecule has 0 saturated heterocycles. The molecule has 0 aromatic rings. The largest absolute Gasteiger partial charge is 0.350 e. The van der Waals surface area contributed by atoms with Crippen LogP contribution in [0.5, 0.6) is 0 Å². The number of nitrogens with one attached hydrogen (secondary N) is 1. The molecule has 1 unspecified atom stereocenters.